The maximum atomic E-state index is 11.2. The van der Waals surface area contributed by atoms with Gasteiger partial charge in [0.05, 0.1) is 11.5 Å². The molecule has 0 aliphatic rings. The number of anilines is 2. The first kappa shape index (κ1) is 14.2. The fourth-order valence-corrected chi connectivity index (χ4v) is 1.92. The first-order valence-electron chi connectivity index (χ1n) is 5.85. The van der Waals surface area contributed by atoms with Crippen molar-refractivity contribution in [2.45, 2.75) is 19.9 Å². The van der Waals surface area contributed by atoms with E-state index < -0.39 is 4.92 Å². The Bertz CT molecular complexity index is 421. The zero-order valence-corrected chi connectivity index (χ0v) is 10.9. The average Bonchev–Trinajstić information content (AvgIpc) is 2.34. The van der Waals surface area contributed by atoms with Gasteiger partial charge in [0.2, 0.25) is 0 Å². The van der Waals surface area contributed by atoms with Gasteiger partial charge in [0.15, 0.2) is 0 Å². The van der Waals surface area contributed by atoms with Crippen LogP contribution in [-0.4, -0.2) is 36.3 Å². The summed E-state index contributed by atoms with van der Waals surface area (Å²) in [7, 11) is 1.65. The van der Waals surface area contributed by atoms with Gasteiger partial charge in [-0.3, -0.25) is 10.1 Å². The molecule has 0 saturated heterocycles. The van der Waals surface area contributed by atoms with Gasteiger partial charge in [-0.2, -0.15) is 0 Å². The Morgan fingerprint density at radius 1 is 1.50 bits per heavy atom. The highest BCUT2D eigenvalue weighted by Crippen LogP contribution is 2.35. The van der Waals surface area contributed by atoms with Gasteiger partial charge in [-0.15, -0.1) is 0 Å². The summed E-state index contributed by atoms with van der Waals surface area (Å²) in [6.07, 6.45) is 0. The second-order valence-corrected chi connectivity index (χ2v) is 4.19. The standard InChI is InChI=1S/C12H19N3O3/c1-9(2)14(7-8-16)11-6-4-5-10(13-3)12(11)15(17)18/h4-6,9,13,16H,7-8H2,1-3H3. The van der Waals surface area contributed by atoms with E-state index in [1.165, 1.54) is 0 Å². The molecule has 6 heteroatoms. The largest absolute Gasteiger partial charge is 0.395 e. The molecular weight excluding hydrogens is 234 g/mol. The molecule has 0 amide bonds. The Morgan fingerprint density at radius 3 is 2.61 bits per heavy atom. The molecule has 0 unspecified atom stereocenters. The summed E-state index contributed by atoms with van der Waals surface area (Å²) >= 11 is 0. The van der Waals surface area contributed by atoms with Crippen LogP contribution < -0.4 is 10.2 Å². The molecule has 0 aliphatic carbocycles. The molecule has 1 rings (SSSR count). The third-order valence-corrected chi connectivity index (χ3v) is 2.74. The molecule has 0 aromatic heterocycles. The zero-order valence-electron chi connectivity index (χ0n) is 10.9. The second-order valence-electron chi connectivity index (χ2n) is 4.19. The number of nitrogens with one attached hydrogen (secondary N) is 1. The minimum absolute atomic E-state index is 0.0425. The molecule has 0 spiro atoms. The lowest BCUT2D eigenvalue weighted by Gasteiger charge is -2.28. The van der Waals surface area contributed by atoms with Crippen molar-refractivity contribution >= 4 is 17.1 Å². The van der Waals surface area contributed by atoms with E-state index in [0.29, 0.717) is 17.9 Å². The van der Waals surface area contributed by atoms with E-state index in [4.69, 9.17) is 5.11 Å². The molecule has 1 aromatic rings. The van der Waals surface area contributed by atoms with Crippen LogP contribution in [0.3, 0.4) is 0 Å². The molecular formula is C12H19N3O3. The molecule has 18 heavy (non-hydrogen) atoms. The van der Waals surface area contributed by atoms with Gasteiger partial charge >= 0.3 is 5.69 Å². The van der Waals surface area contributed by atoms with E-state index in [0.717, 1.165) is 0 Å². The highest BCUT2D eigenvalue weighted by Gasteiger charge is 2.24. The van der Waals surface area contributed by atoms with Crippen LogP contribution in [-0.2, 0) is 0 Å². The van der Waals surface area contributed by atoms with E-state index in [9.17, 15) is 10.1 Å². The summed E-state index contributed by atoms with van der Waals surface area (Å²) in [5.74, 6) is 0. The molecule has 0 bridgehead atoms. The number of para-hydroxylation sites is 1. The first-order valence-corrected chi connectivity index (χ1v) is 5.85. The highest BCUT2D eigenvalue weighted by molar-refractivity contribution is 5.77. The average molecular weight is 253 g/mol. The van der Waals surface area contributed by atoms with Gasteiger partial charge in [0.25, 0.3) is 0 Å². The van der Waals surface area contributed by atoms with Crippen molar-refractivity contribution < 1.29 is 10.0 Å². The second kappa shape index (κ2) is 6.20. The van der Waals surface area contributed by atoms with Crippen LogP contribution in [0.4, 0.5) is 17.1 Å². The van der Waals surface area contributed by atoms with Crippen molar-refractivity contribution in [2.75, 3.05) is 30.4 Å². The fraction of sp³-hybridized carbons (Fsp3) is 0.500. The smallest absolute Gasteiger partial charge is 0.315 e. The molecule has 6 nitrogen and oxygen atoms in total. The molecule has 0 saturated carbocycles. The number of aliphatic hydroxyl groups is 1. The molecule has 0 atom stereocenters. The van der Waals surface area contributed by atoms with Crippen molar-refractivity contribution in [3.8, 4) is 0 Å². The predicted octanol–water partition coefficient (Wildman–Crippen LogP) is 1.84. The third kappa shape index (κ3) is 2.89. The quantitative estimate of drug-likeness (QED) is 0.597. The number of hydrogen-bond donors (Lipinski definition) is 2. The molecule has 0 fully saturated rings. The molecule has 2 N–H and O–H groups in total. The molecule has 1 aromatic carbocycles. The van der Waals surface area contributed by atoms with Gasteiger partial charge in [-0.1, -0.05) is 6.07 Å². The van der Waals surface area contributed by atoms with Crippen molar-refractivity contribution in [1.29, 1.82) is 0 Å². The first-order chi connectivity index (χ1) is 8.52. The Labute approximate surface area is 106 Å². The van der Waals surface area contributed by atoms with Crippen molar-refractivity contribution in [1.82, 2.24) is 0 Å². The summed E-state index contributed by atoms with van der Waals surface area (Å²) < 4.78 is 0. The molecule has 0 aliphatic heterocycles. The zero-order chi connectivity index (χ0) is 13.7. The number of nitrogens with zero attached hydrogens (tertiary/aromatic N) is 2. The normalized spacial score (nSPS) is 10.5. The summed E-state index contributed by atoms with van der Waals surface area (Å²) in [5, 5.41) is 23.1. The van der Waals surface area contributed by atoms with Crippen LogP contribution in [0.5, 0.6) is 0 Å². The Hall–Kier alpha value is -1.82. The summed E-state index contributed by atoms with van der Waals surface area (Å²) in [6.45, 7) is 4.20. The van der Waals surface area contributed by atoms with Crippen LogP contribution >= 0.6 is 0 Å². The molecule has 0 heterocycles. The van der Waals surface area contributed by atoms with Crippen molar-refractivity contribution in [3.63, 3.8) is 0 Å². The van der Waals surface area contributed by atoms with Gasteiger partial charge in [-0.25, -0.2) is 0 Å². The van der Waals surface area contributed by atoms with E-state index >= 15 is 0 Å². The topological polar surface area (TPSA) is 78.6 Å². The lowest BCUT2D eigenvalue weighted by Crippen LogP contribution is -2.34. The number of nitro benzene ring substituents is 1. The van der Waals surface area contributed by atoms with Gasteiger partial charge in [0.1, 0.15) is 11.4 Å². The number of hydrogen-bond acceptors (Lipinski definition) is 5. The molecule has 100 valence electrons. The SMILES string of the molecule is CNc1cccc(N(CCO)C(C)C)c1[N+](=O)[O-]. The van der Waals surface area contributed by atoms with E-state index in [2.05, 4.69) is 5.32 Å². The third-order valence-electron chi connectivity index (χ3n) is 2.74. The maximum absolute atomic E-state index is 11.2. The van der Waals surface area contributed by atoms with E-state index in [1.54, 1.807) is 25.2 Å². The maximum Gasteiger partial charge on any atom is 0.315 e. The molecule has 0 radical (unpaired) electrons. The number of benzene rings is 1. The predicted molar refractivity (Wildman–Crippen MR) is 72.2 cm³/mol. The van der Waals surface area contributed by atoms with E-state index in [1.807, 2.05) is 18.7 Å². The van der Waals surface area contributed by atoms with Gasteiger partial charge in [0, 0.05) is 19.6 Å². The summed E-state index contributed by atoms with van der Waals surface area (Å²) in [5.41, 5.74) is 1.04. The lowest BCUT2D eigenvalue weighted by molar-refractivity contribution is -0.383. The van der Waals surface area contributed by atoms with Crippen molar-refractivity contribution in [2.24, 2.45) is 0 Å². The van der Waals surface area contributed by atoms with Crippen LogP contribution in [0.25, 0.3) is 0 Å². The van der Waals surface area contributed by atoms with Crippen molar-refractivity contribution in [3.05, 3.63) is 28.3 Å². The highest BCUT2D eigenvalue weighted by atomic mass is 16.6. The number of aliphatic hydroxyl groups excluding tert-OH is 1. The van der Waals surface area contributed by atoms with Crippen LogP contribution in [0.15, 0.2) is 18.2 Å². The lowest BCUT2D eigenvalue weighted by atomic mass is 10.1. The van der Waals surface area contributed by atoms with E-state index in [-0.39, 0.29) is 18.3 Å². The summed E-state index contributed by atoms with van der Waals surface area (Å²) in [6, 6.07) is 5.21. The number of rotatable bonds is 6. The van der Waals surface area contributed by atoms with Crippen LogP contribution in [0.2, 0.25) is 0 Å². The minimum Gasteiger partial charge on any atom is -0.395 e. The Morgan fingerprint density at radius 2 is 2.17 bits per heavy atom. The minimum atomic E-state index is -0.395. The Kier molecular flexibility index (Phi) is 4.91. The van der Waals surface area contributed by atoms with Gasteiger partial charge < -0.3 is 15.3 Å². The number of nitro groups is 1. The summed E-state index contributed by atoms with van der Waals surface area (Å²) in [4.78, 5) is 12.6. The van der Waals surface area contributed by atoms with Crippen LogP contribution in [0, 0.1) is 10.1 Å². The fourth-order valence-electron chi connectivity index (χ4n) is 1.92. The van der Waals surface area contributed by atoms with Crippen LogP contribution in [0.1, 0.15) is 13.8 Å². The monoisotopic (exact) mass is 253 g/mol. The van der Waals surface area contributed by atoms with Gasteiger partial charge in [-0.05, 0) is 26.0 Å². The Balaban J connectivity index is 3.32.